The lowest BCUT2D eigenvalue weighted by Gasteiger charge is -2.26. The second kappa shape index (κ2) is 3.97. The standard InChI is InChI=1S/C14H14N2/c1-4-10-16(11-5-1)14-8-9-15-13-7-3-2-6-12(13)14/h1-4,6-9H,5,10-11H2. The monoisotopic (exact) mass is 210 g/mol. The summed E-state index contributed by atoms with van der Waals surface area (Å²) in [6, 6.07) is 10.4. The molecule has 16 heavy (non-hydrogen) atoms. The Morgan fingerprint density at radius 1 is 1.06 bits per heavy atom. The molecule has 1 aliphatic rings. The van der Waals surface area contributed by atoms with E-state index in [0.717, 1.165) is 25.0 Å². The van der Waals surface area contributed by atoms with Crippen molar-refractivity contribution in [1.29, 1.82) is 0 Å². The van der Waals surface area contributed by atoms with Gasteiger partial charge in [0.25, 0.3) is 0 Å². The minimum Gasteiger partial charge on any atom is -0.367 e. The molecule has 2 heteroatoms. The van der Waals surface area contributed by atoms with E-state index in [1.165, 1.54) is 11.1 Å². The lowest BCUT2D eigenvalue weighted by atomic mass is 10.1. The molecular formula is C14H14N2. The van der Waals surface area contributed by atoms with Crippen molar-refractivity contribution in [2.75, 3.05) is 18.0 Å². The number of fused-ring (bicyclic) bond motifs is 1. The Balaban J connectivity index is 2.12. The maximum atomic E-state index is 4.39. The van der Waals surface area contributed by atoms with Crippen LogP contribution in [-0.2, 0) is 0 Å². The molecule has 0 spiro atoms. The van der Waals surface area contributed by atoms with Crippen molar-refractivity contribution in [2.45, 2.75) is 6.42 Å². The number of hydrogen-bond acceptors (Lipinski definition) is 2. The SMILES string of the molecule is C1=CCN(c2ccnc3ccccc23)CC1. The lowest BCUT2D eigenvalue weighted by molar-refractivity contribution is 0.824. The first-order valence-electron chi connectivity index (χ1n) is 5.69. The Bertz CT molecular complexity index is 526. The van der Waals surface area contributed by atoms with E-state index in [0.29, 0.717) is 0 Å². The van der Waals surface area contributed by atoms with E-state index in [-0.39, 0.29) is 0 Å². The maximum absolute atomic E-state index is 4.39. The summed E-state index contributed by atoms with van der Waals surface area (Å²) in [5, 5.41) is 1.25. The molecule has 80 valence electrons. The molecule has 0 saturated heterocycles. The molecule has 0 atom stereocenters. The third-order valence-electron chi connectivity index (χ3n) is 3.02. The predicted molar refractivity (Wildman–Crippen MR) is 67.7 cm³/mol. The fourth-order valence-electron chi connectivity index (χ4n) is 2.22. The van der Waals surface area contributed by atoms with Crippen LogP contribution in [0.3, 0.4) is 0 Å². The van der Waals surface area contributed by atoms with Crippen molar-refractivity contribution in [1.82, 2.24) is 4.98 Å². The number of nitrogens with zero attached hydrogens (tertiary/aromatic N) is 2. The molecule has 3 rings (SSSR count). The molecule has 2 nitrogen and oxygen atoms in total. The van der Waals surface area contributed by atoms with Gasteiger partial charge in [0.15, 0.2) is 0 Å². The summed E-state index contributed by atoms with van der Waals surface area (Å²) in [6.45, 7) is 2.11. The zero-order chi connectivity index (χ0) is 10.8. The van der Waals surface area contributed by atoms with E-state index in [2.05, 4.69) is 46.3 Å². The number of hydrogen-bond donors (Lipinski definition) is 0. The topological polar surface area (TPSA) is 16.1 Å². The van der Waals surface area contributed by atoms with Gasteiger partial charge in [-0.2, -0.15) is 0 Å². The highest BCUT2D eigenvalue weighted by molar-refractivity contribution is 5.91. The van der Waals surface area contributed by atoms with Crippen LogP contribution in [0, 0.1) is 0 Å². The molecule has 0 N–H and O–H groups in total. The predicted octanol–water partition coefficient (Wildman–Crippen LogP) is 3.00. The number of anilines is 1. The fraction of sp³-hybridized carbons (Fsp3) is 0.214. The summed E-state index contributed by atoms with van der Waals surface area (Å²) < 4.78 is 0. The van der Waals surface area contributed by atoms with Crippen LogP contribution in [0.1, 0.15) is 6.42 Å². The van der Waals surface area contributed by atoms with Crippen molar-refractivity contribution in [3.05, 3.63) is 48.7 Å². The van der Waals surface area contributed by atoms with Crippen molar-refractivity contribution in [3.8, 4) is 0 Å². The first-order chi connectivity index (χ1) is 7.95. The minimum atomic E-state index is 1.01. The highest BCUT2D eigenvalue weighted by Crippen LogP contribution is 2.26. The molecule has 0 unspecified atom stereocenters. The van der Waals surface area contributed by atoms with Crippen LogP contribution in [0.4, 0.5) is 5.69 Å². The number of aromatic nitrogens is 1. The third-order valence-corrected chi connectivity index (χ3v) is 3.02. The Hall–Kier alpha value is -1.83. The van der Waals surface area contributed by atoms with Gasteiger partial charge in [0, 0.05) is 30.4 Å². The summed E-state index contributed by atoms with van der Waals surface area (Å²) in [7, 11) is 0. The normalized spacial score (nSPS) is 15.6. The van der Waals surface area contributed by atoms with Crippen molar-refractivity contribution in [2.24, 2.45) is 0 Å². The summed E-state index contributed by atoms with van der Waals surface area (Å²) in [4.78, 5) is 6.80. The van der Waals surface area contributed by atoms with Crippen LogP contribution in [0.15, 0.2) is 48.7 Å². The van der Waals surface area contributed by atoms with Gasteiger partial charge < -0.3 is 4.90 Å². The Morgan fingerprint density at radius 2 is 2.00 bits per heavy atom. The van der Waals surface area contributed by atoms with Crippen LogP contribution in [0.25, 0.3) is 10.9 Å². The van der Waals surface area contributed by atoms with Gasteiger partial charge in [-0.05, 0) is 18.6 Å². The van der Waals surface area contributed by atoms with E-state index >= 15 is 0 Å². The number of para-hydroxylation sites is 1. The van der Waals surface area contributed by atoms with Gasteiger partial charge in [-0.1, -0.05) is 30.4 Å². The molecule has 1 aromatic carbocycles. The van der Waals surface area contributed by atoms with Crippen LogP contribution in [0.2, 0.25) is 0 Å². The minimum absolute atomic E-state index is 1.01. The molecule has 0 amide bonds. The molecule has 2 heterocycles. The average molecular weight is 210 g/mol. The third kappa shape index (κ3) is 1.56. The van der Waals surface area contributed by atoms with E-state index in [9.17, 15) is 0 Å². The van der Waals surface area contributed by atoms with Gasteiger partial charge in [0.05, 0.1) is 5.52 Å². The molecular weight excluding hydrogens is 196 g/mol. The first-order valence-corrected chi connectivity index (χ1v) is 5.69. The van der Waals surface area contributed by atoms with E-state index in [1.54, 1.807) is 0 Å². The van der Waals surface area contributed by atoms with Crippen LogP contribution < -0.4 is 4.90 Å². The summed E-state index contributed by atoms with van der Waals surface area (Å²) >= 11 is 0. The second-order valence-electron chi connectivity index (χ2n) is 4.05. The van der Waals surface area contributed by atoms with Crippen LogP contribution >= 0.6 is 0 Å². The number of rotatable bonds is 1. The fourth-order valence-corrected chi connectivity index (χ4v) is 2.22. The zero-order valence-electron chi connectivity index (χ0n) is 9.13. The Kier molecular flexibility index (Phi) is 2.33. The highest BCUT2D eigenvalue weighted by Gasteiger charge is 2.10. The molecule has 1 aromatic heterocycles. The second-order valence-corrected chi connectivity index (χ2v) is 4.05. The van der Waals surface area contributed by atoms with Gasteiger partial charge in [-0.3, -0.25) is 4.98 Å². The van der Waals surface area contributed by atoms with E-state index in [4.69, 9.17) is 0 Å². The lowest BCUT2D eigenvalue weighted by Crippen LogP contribution is -2.26. The summed E-state index contributed by atoms with van der Waals surface area (Å²) in [5.41, 5.74) is 2.38. The van der Waals surface area contributed by atoms with Gasteiger partial charge in [0.1, 0.15) is 0 Å². The smallest absolute Gasteiger partial charge is 0.0722 e. The van der Waals surface area contributed by atoms with Crippen LogP contribution in [0.5, 0.6) is 0 Å². The average Bonchev–Trinajstić information content (AvgIpc) is 2.39. The van der Waals surface area contributed by atoms with Gasteiger partial charge >= 0.3 is 0 Å². The Morgan fingerprint density at radius 3 is 2.88 bits per heavy atom. The highest BCUT2D eigenvalue weighted by atomic mass is 15.1. The molecule has 0 saturated carbocycles. The van der Waals surface area contributed by atoms with E-state index < -0.39 is 0 Å². The molecule has 0 radical (unpaired) electrons. The Labute approximate surface area is 95.2 Å². The molecule has 0 aliphatic carbocycles. The van der Waals surface area contributed by atoms with Gasteiger partial charge in [-0.25, -0.2) is 0 Å². The molecule has 0 bridgehead atoms. The maximum Gasteiger partial charge on any atom is 0.0722 e. The number of pyridine rings is 1. The van der Waals surface area contributed by atoms with Crippen LogP contribution in [-0.4, -0.2) is 18.1 Å². The molecule has 2 aromatic rings. The van der Waals surface area contributed by atoms with Gasteiger partial charge in [-0.15, -0.1) is 0 Å². The summed E-state index contributed by atoms with van der Waals surface area (Å²) in [5.74, 6) is 0. The molecule has 0 fully saturated rings. The van der Waals surface area contributed by atoms with Crippen molar-refractivity contribution >= 4 is 16.6 Å². The van der Waals surface area contributed by atoms with E-state index in [1.807, 2.05) is 12.3 Å². The summed E-state index contributed by atoms with van der Waals surface area (Å²) in [6.07, 6.45) is 7.52. The number of benzene rings is 1. The van der Waals surface area contributed by atoms with Crippen molar-refractivity contribution in [3.63, 3.8) is 0 Å². The zero-order valence-corrected chi connectivity index (χ0v) is 9.13. The van der Waals surface area contributed by atoms with Crippen molar-refractivity contribution < 1.29 is 0 Å². The quantitative estimate of drug-likeness (QED) is 0.673. The molecule has 1 aliphatic heterocycles. The first kappa shape index (κ1) is 9.40. The largest absolute Gasteiger partial charge is 0.367 e. The van der Waals surface area contributed by atoms with Gasteiger partial charge in [0.2, 0.25) is 0 Å².